The van der Waals surface area contributed by atoms with E-state index in [-0.39, 0.29) is 16.8 Å². The standard InChI is InChI=1S/C19H14F3N5.C13H10BrN3O2S.C13H10BrN3S.C11H10BrN3S.C11H11N3S/c1-11-9-13(10-14(25-11)19(20,21)22)15-16(12-5-3-2-4-6-12)26-18(23)27-8-7-24-17(15)27;1-20(18,19)13-16-11(9-5-3-2-4-6-9)10(14)12-15-7-8-17(12)13;1-18-13-16-11(9-5-3-2-4-6-9)10(14)12-15-7-8-17(12)13;1-16-11-14-9(8(12)10(13)15-11)7-5-3-2-4-6-7;1-15-11-13-9(7-10(12)14-11)8-5-3-2-4-6-8/h2-10H,1H3,(H2,23,26);2-8H,1H3;2-8H,1H3;2-6H,1H3,(H2,13,14,15);2-7H,1H3,(H2,12,13,14). The Hall–Kier alpha value is -9.10. The van der Waals surface area contributed by atoms with Gasteiger partial charge in [0, 0.05) is 83.0 Å². The van der Waals surface area contributed by atoms with Crippen molar-refractivity contribution in [3.63, 3.8) is 0 Å². The molecule has 96 heavy (non-hydrogen) atoms. The lowest BCUT2D eigenvalue weighted by Crippen LogP contribution is -2.10. The first-order chi connectivity index (χ1) is 46.1. The van der Waals surface area contributed by atoms with Crippen molar-refractivity contribution in [2.75, 3.05) is 42.2 Å². The van der Waals surface area contributed by atoms with Crippen LogP contribution in [0.1, 0.15) is 11.4 Å². The van der Waals surface area contributed by atoms with Crippen LogP contribution >= 0.6 is 83.1 Å². The maximum atomic E-state index is 13.3. The summed E-state index contributed by atoms with van der Waals surface area (Å²) in [6.45, 7) is 1.52. The summed E-state index contributed by atoms with van der Waals surface area (Å²) in [5.41, 5.74) is 27.9. The van der Waals surface area contributed by atoms with Crippen molar-refractivity contribution in [3.8, 4) is 67.4 Å². The van der Waals surface area contributed by atoms with E-state index < -0.39 is 21.7 Å². The van der Waals surface area contributed by atoms with Gasteiger partial charge in [0.1, 0.15) is 23.0 Å². The van der Waals surface area contributed by atoms with Crippen LogP contribution in [-0.4, -0.2) is 101 Å². The number of nitrogens with zero attached hydrogens (tertiary/aromatic N) is 14. The fraction of sp³-hybridized carbons (Fsp3) is 0.0896. The van der Waals surface area contributed by atoms with Crippen LogP contribution in [0, 0.1) is 6.92 Å². The van der Waals surface area contributed by atoms with Crippen LogP contribution in [0.4, 0.5) is 30.8 Å². The molecule has 0 aliphatic rings. The summed E-state index contributed by atoms with van der Waals surface area (Å²) in [6.07, 6.45) is 12.5. The number of nitrogens with two attached hydrogens (primary N) is 3. The second kappa shape index (κ2) is 31.2. The molecule has 6 N–H and O–H groups in total. The van der Waals surface area contributed by atoms with Crippen molar-refractivity contribution in [3.05, 3.63) is 232 Å². The Labute approximate surface area is 587 Å². The van der Waals surface area contributed by atoms with Crippen molar-refractivity contribution in [1.82, 2.24) is 68.0 Å². The number of thioether (sulfide) groups is 3. The molecule has 9 aromatic heterocycles. The Morgan fingerprint density at radius 1 is 0.458 bits per heavy atom. The zero-order valence-corrected chi connectivity index (χ0v) is 59.4. The number of aryl methyl sites for hydroxylation is 1. The fourth-order valence-electron chi connectivity index (χ4n) is 9.47. The van der Waals surface area contributed by atoms with E-state index in [0.717, 1.165) is 77.0 Å². The molecule has 0 radical (unpaired) electrons. The van der Waals surface area contributed by atoms with Crippen LogP contribution in [-0.2, 0) is 16.0 Å². The van der Waals surface area contributed by atoms with Crippen LogP contribution in [0.25, 0.3) is 84.4 Å². The van der Waals surface area contributed by atoms with Crippen LogP contribution in [0.3, 0.4) is 0 Å². The van der Waals surface area contributed by atoms with E-state index in [1.807, 2.05) is 169 Å². The topological polar surface area (TPSA) is 267 Å². The van der Waals surface area contributed by atoms with Crippen LogP contribution < -0.4 is 17.2 Å². The van der Waals surface area contributed by atoms with E-state index in [1.165, 1.54) is 41.0 Å². The molecule has 14 aromatic rings. The van der Waals surface area contributed by atoms with Gasteiger partial charge in [0.2, 0.25) is 20.9 Å². The number of fused-ring (bicyclic) bond motifs is 3. The minimum absolute atomic E-state index is 0.0212. The quantitative estimate of drug-likeness (QED) is 0.0848. The molecule has 0 atom stereocenters. The first kappa shape index (κ1) is 69.7. The maximum absolute atomic E-state index is 13.3. The summed E-state index contributed by atoms with van der Waals surface area (Å²) in [5.74, 6) is 1.18. The molecule has 19 nitrogen and oxygen atoms in total. The van der Waals surface area contributed by atoms with Crippen molar-refractivity contribution in [2.24, 2.45) is 0 Å². The molecule has 14 rings (SSSR count). The van der Waals surface area contributed by atoms with Crippen LogP contribution in [0.15, 0.2) is 241 Å². The first-order valence-corrected chi connectivity index (χ1v) is 36.4. The van der Waals surface area contributed by atoms with Gasteiger partial charge < -0.3 is 17.2 Å². The van der Waals surface area contributed by atoms with Crippen molar-refractivity contribution >= 4 is 127 Å². The third-order valence-electron chi connectivity index (χ3n) is 13.7. The number of rotatable bonds is 10. The van der Waals surface area contributed by atoms with Crippen LogP contribution in [0.2, 0.25) is 0 Å². The summed E-state index contributed by atoms with van der Waals surface area (Å²) in [5, 5.41) is 2.30. The largest absolute Gasteiger partial charge is 0.433 e. The number of halogens is 6. The molecule has 0 aliphatic heterocycles. The monoisotopic (exact) mass is 1550 g/mol. The Morgan fingerprint density at radius 2 is 0.906 bits per heavy atom. The third-order valence-corrected chi connectivity index (χ3v) is 18.7. The number of imidazole rings is 3. The number of alkyl halides is 3. The van der Waals surface area contributed by atoms with E-state index >= 15 is 0 Å². The average molecular weight is 1560 g/mol. The molecule has 0 bridgehead atoms. The van der Waals surface area contributed by atoms with Gasteiger partial charge in [0.15, 0.2) is 26.8 Å². The minimum atomic E-state index is -4.55. The zero-order valence-electron chi connectivity index (χ0n) is 51.3. The van der Waals surface area contributed by atoms with Crippen LogP contribution in [0.5, 0.6) is 0 Å². The van der Waals surface area contributed by atoms with Gasteiger partial charge >= 0.3 is 6.18 Å². The van der Waals surface area contributed by atoms with Gasteiger partial charge in [-0.05, 0) is 91.2 Å². The number of hydrogen-bond acceptors (Lipinski definition) is 19. The molecule has 29 heteroatoms. The number of benzene rings is 5. The molecular formula is C67H55Br3F3N17O2S4. The van der Waals surface area contributed by atoms with Gasteiger partial charge in [0.05, 0.1) is 47.5 Å². The molecule has 0 aliphatic carbocycles. The highest BCUT2D eigenvalue weighted by atomic mass is 79.9. The predicted molar refractivity (Wildman–Crippen MR) is 388 cm³/mol. The SMILES string of the molecule is CS(=O)(=O)c1nc(-c2ccccc2)c(Br)c2nccn12.CSc1nc(-c2ccccc2)c(Br)c2nccn12.CSc1nc(N)c(Br)c(-c2ccccc2)n1.CSc1nc(N)cc(-c2ccccc2)n1.Cc1cc(-c2c(-c3ccccc3)nc(N)n3ccnc23)cc(C(F)(F)F)n1. The smallest absolute Gasteiger partial charge is 0.384 e. The normalized spacial score (nSPS) is 11.2. The van der Waals surface area contributed by atoms with Crippen molar-refractivity contribution in [1.29, 1.82) is 0 Å². The molecule has 0 saturated carbocycles. The van der Waals surface area contributed by atoms with Crippen molar-refractivity contribution < 1.29 is 21.6 Å². The van der Waals surface area contributed by atoms with Gasteiger partial charge in [-0.2, -0.15) is 13.2 Å². The molecule has 0 saturated heterocycles. The highest BCUT2D eigenvalue weighted by Gasteiger charge is 2.34. The second-order valence-corrected chi connectivity index (χ2v) is 26.9. The molecule has 0 fully saturated rings. The van der Waals surface area contributed by atoms with Crippen molar-refractivity contribution in [2.45, 2.75) is 33.7 Å². The lowest BCUT2D eigenvalue weighted by molar-refractivity contribution is -0.141. The Morgan fingerprint density at radius 3 is 1.41 bits per heavy atom. The fourth-order valence-corrected chi connectivity index (χ4v) is 13.1. The van der Waals surface area contributed by atoms with Gasteiger partial charge in [-0.25, -0.2) is 63.2 Å². The zero-order chi connectivity index (χ0) is 68.3. The Balaban J connectivity index is 0.000000133. The first-order valence-electron chi connectivity index (χ1n) is 28.5. The molecule has 486 valence electrons. The number of anilines is 3. The van der Waals surface area contributed by atoms with Gasteiger partial charge in [-0.1, -0.05) is 187 Å². The van der Waals surface area contributed by atoms with E-state index in [2.05, 4.69) is 110 Å². The van der Waals surface area contributed by atoms with E-state index in [9.17, 15) is 21.6 Å². The van der Waals surface area contributed by atoms with Gasteiger partial charge in [0.25, 0.3) is 0 Å². The highest BCUT2D eigenvalue weighted by molar-refractivity contribution is 9.11. The van der Waals surface area contributed by atoms with E-state index in [4.69, 9.17) is 22.2 Å². The lowest BCUT2D eigenvalue weighted by atomic mass is 9.99. The number of nitrogen functional groups attached to an aromatic ring is 3. The number of hydrogen-bond donors (Lipinski definition) is 3. The third kappa shape index (κ3) is 16.4. The molecule has 5 aromatic carbocycles. The van der Waals surface area contributed by atoms with Gasteiger partial charge in [-0.3, -0.25) is 13.2 Å². The summed E-state index contributed by atoms with van der Waals surface area (Å²) in [6, 6.07) is 52.9. The summed E-state index contributed by atoms with van der Waals surface area (Å²) in [4.78, 5) is 47.0. The lowest BCUT2D eigenvalue weighted by Gasteiger charge is -2.15. The molecule has 0 unspecified atom stereocenters. The average Bonchev–Trinajstić information content (AvgIpc) is 1.56. The highest BCUT2D eigenvalue weighted by Crippen LogP contribution is 2.39. The Kier molecular flexibility index (Phi) is 22.7. The summed E-state index contributed by atoms with van der Waals surface area (Å²) >= 11 is 15.1. The Bertz CT molecular complexity index is 5150. The number of aromatic nitrogens is 14. The van der Waals surface area contributed by atoms with Gasteiger partial charge in [-0.15, -0.1) is 0 Å². The molecule has 0 amide bonds. The number of sulfone groups is 1. The minimum Gasteiger partial charge on any atom is -0.384 e. The summed E-state index contributed by atoms with van der Waals surface area (Å²) < 4.78 is 71.0. The molecular weight excluding hydrogens is 1500 g/mol. The molecule has 9 heterocycles. The molecule has 0 spiro atoms. The van der Waals surface area contributed by atoms with E-state index in [0.29, 0.717) is 60.2 Å². The number of pyridine rings is 1. The summed E-state index contributed by atoms with van der Waals surface area (Å²) in [7, 11) is -3.46. The predicted octanol–water partition coefficient (Wildman–Crippen LogP) is 16.5. The maximum Gasteiger partial charge on any atom is 0.433 e. The van der Waals surface area contributed by atoms with E-state index in [1.54, 1.807) is 53.1 Å². The second-order valence-electron chi connectivity index (χ2n) is 20.3.